The summed E-state index contributed by atoms with van der Waals surface area (Å²) in [5.41, 5.74) is 9.66. The Hall–Kier alpha value is -0.670. The summed E-state index contributed by atoms with van der Waals surface area (Å²) in [5.74, 6) is 0.272. The molecule has 3 heteroatoms. The zero-order valence-corrected chi connectivity index (χ0v) is 11.1. The SMILES string of the molecule is Cc1ccc(C)c2c1C(N)C(C)C(C)S2=O. The van der Waals surface area contributed by atoms with Crippen LogP contribution >= 0.6 is 0 Å². The molecule has 2 nitrogen and oxygen atoms in total. The molecule has 16 heavy (non-hydrogen) atoms. The zero-order chi connectivity index (χ0) is 12.0. The predicted molar refractivity (Wildman–Crippen MR) is 67.9 cm³/mol. The molecule has 0 saturated carbocycles. The molecule has 88 valence electrons. The highest BCUT2D eigenvalue weighted by Gasteiger charge is 2.36. The normalized spacial score (nSPS) is 33.6. The van der Waals surface area contributed by atoms with Crippen LogP contribution < -0.4 is 5.73 Å². The van der Waals surface area contributed by atoms with E-state index in [0.717, 1.165) is 16.0 Å². The summed E-state index contributed by atoms with van der Waals surface area (Å²) in [6, 6.07) is 4.14. The molecule has 4 unspecified atom stereocenters. The summed E-state index contributed by atoms with van der Waals surface area (Å²) in [6.45, 7) is 8.20. The number of rotatable bonds is 0. The van der Waals surface area contributed by atoms with E-state index in [-0.39, 0.29) is 17.2 Å². The Morgan fingerprint density at radius 3 is 2.38 bits per heavy atom. The highest BCUT2D eigenvalue weighted by Crippen LogP contribution is 2.39. The molecule has 0 aromatic heterocycles. The fourth-order valence-corrected chi connectivity index (χ4v) is 4.25. The Morgan fingerprint density at radius 1 is 1.19 bits per heavy atom. The fourth-order valence-electron chi connectivity index (χ4n) is 2.42. The summed E-state index contributed by atoms with van der Waals surface area (Å²) in [5, 5.41) is 0.142. The molecule has 1 aromatic rings. The largest absolute Gasteiger partial charge is 0.324 e. The quantitative estimate of drug-likeness (QED) is 0.753. The van der Waals surface area contributed by atoms with Crippen molar-refractivity contribution in [3.05, 3.63) is 28.8 Å². The van der Waals surface area contributed by atoms with E-state index in [1.807, 2.05) is 19.9 Å². The van der Waals surface area contributed by atoms with E-state index in [2.05, 4.69) is 19.9 Å². The minimum Gasteiger partial charge on any atom is -0.324 e. The molecule has 0 amide bonds. The van der Waals surface area contributed by atoms with Crippen LogP contribution in [0.4, 0.5) is 0 Å². The minimum absolute atomic E-state index is 0.0163. The summed E-state index contributed by atoms with van der Waals surface area (Å²) in [7, 11) is -0.913. The Labute approximate surface area is 99.7 Å². The van der Waals surface area contributed by atoms with Crippen LogP contribution in [0.15, 0.2) is 17.0 Å². The first-order chi connectivity index (χ1) is 7.45. The summed E-state index contributed by atoms with van der Waals surface area (Å²) < 4.78 is 12.4. The van der Waals surface area contributed by atoms with E-state index in [1.54, 1.807) is 0 Å². The molecule has 2 N–H and O–H groups in total. The lowest BCUT2D eigenvalue weighted by molar-refractivity contribution is 0.439. The van der Waals surface area contributed by atoms with Gasteiger partial charge in [0.05, 0.1) is 10.8 Å². The smallest absolute Gasteiger partial charge is 0.0567 e. The molecule has 0 saturated heterocycles. The van der Waals surface area contributed by atoms with E-state index >= 15 is 0 Å². The maximum absolute atomic E-state index is 12.4. The first-order valence-corrected chi connectivity index (χ1v) is 6.92. The molecule has 0 radical (unpaired) electrons. The fraction of sp³-hybridized carbons (Fsp3) is 0.538. The van der Waals surface area contributed by atoms with Crippen molar-refractivity contribution in [1.82, 2.24) is 0 Å². The van der Waals surface area contributed by atoms with Crippen molar-refractivity contribution < 1.29 is 4.21 Å². The van der Waals surface area contributed by atoms with Gasteiger partial charge in [-0.2, -0.15) is 0 Å². The first kappa shape index (κ1) is 11.8. The number of benzene rings is 1. The van der Waals surface area contributed by atoms with Gasteiger partial charge in [0.25, 0.3) is 0 Å². The molecule has 0 spiro atoms. The van der Waals surface area contributed by atoms with Crippen LogP contribution in [0.1, 0.15) is 36.6 Å². The van der Waals surface area contributed by atoms with E-state index in [9.17, 15) is 4.21 Å². The molecule has 4 atom stereocenters. The Morgan fingerprint density at radius 2 is 1.75 bits per heavy atom. The molecule has 1 aliphatic heterocycles. The third-order valence-corrected chi connectivity index (χ3v) is 5.84. The highest BCUT2D eigenvalue weighted by molar-refractivity contribution is 7.85. The number of hydrogen-bond donors (Lipinski definition) is 1. The lowest BCUT2D eigenvalue weighted by atomic mass is 9.88. The van der Waals surface area contributed by atoms with E-state index in [0.29, 0.717) is 0 Å². The van der Waals surface area contributed by atoms with Crippen LogP contribution in [0, 0.1) is 19.8 Å². The van der Waals surface area contributed by atoms with Gasteiger partial charge in [0.15, 0.2) is 0 Å². The number of nitrogens with two attached hydrogens (primary N) is 1. The van der Waals surface area contributed by atoms with Crippen LogP contribution in [0.2, 0.25) is 0 Å². The van der Waals surface area contributed by atoms with Gasteiger partial charge in [-0.15, -0.1) is 0 Å². The summed E-state index contributed by atoms with van der Waals surface area (Å²) in [4.78, 5) is 0.984. The van der Waals surface area contributed by atoms with Crippen molar-refractivity contribution in [3.8, 4) is 0 Å². The van der Waals surface area contributed by atoms with Crippen molar-refractivity contribution in [2.45, 2.75) is 43.9 Å². The Kier molecular flexibility index (Phi) is 2.93. The van der Waals surface area contributed by atoms with Crippen LogP contribution in [-0.2, 0) is 10.8 Å². The van der Waals surface area contributed by atoms with Crippen LogP contribution in [0.25, 0.3) is 0 Å². The van der Waals surface area contributed by atoms with Crippen LogP contribution in [0.3, 0.4) is 0 Å². The van der Waals surface area contributed by atoms with Gasteiger partial charge >= 0.3 is 0 Å². The predicted octanol–water partition coefficient (Wildman–Crippen LogP) is 2.45. The van der Waals surface area contributed by atoms with Crippen molar-refractivity contribution >= 4 is 10.8 Å². The average Bonchev–Trinajstić information content (AvgIpc) is 2.26. The van der Waals surface area contributed by atoms with Gasteiger partial charge in [-0.05, 0) is 36.5 Å². The lowest BCUT2D eigenvalue weighted by Crippen LogP contribution is -2.37. The first-order valence-electron chi connectivity index (χ1n) is 5.71. The van der Waals surface area contributed by atoms with E-state index < -0.39 is 10.8 Å². The molecular weight excluding hydrogens is 218 g/mol. The van der Waals surface area contributed by atoms with Gasteiger partial charge in [0.2, 0.25) is 0 Å². The van der Waals surface area contributed by atoms with Gasteiger partial charge in [0, 0.05) is 16.2 Å². The number of hydrogen-bond acceptors (Lipinski definition) is 2. The molecule has 0 fully saturated rings. The van der Waals surface area contributed by atoms with Crippen molar-refractivity contribution in [2.24, 2.45) is 11.7 Å². The third kappa shape index (κ3) is 1.54. The van der Waals surface area contributed by atoms with Crippen molar-refractivity contribution in [1.29, 1.82) is 0 Å². The van der Waals surface area contributed by atoms with Gasteiger partial charge in [0.1, 0.15) is 0 Å². The van der Waals surface area contributed by atoms with Gasteiger partial charge < -0.3 is 5.73 Å². The molecule has 0 bridgehead atoms. The second kappa shape index (κ2) is 3.97. The molecular formula is C13H19NOS. The monoisotopic (exact) mass is 237 g/mol. The average molecular weight is 237 g/mol. The van der Waals surface area contributed by atoms with Gasteiger partial charge in [-0.3, -0.25) is 4.21 Å². The molecule has 1 heterocycles. The van der Waals surface area contributed by atoms with Gasteiger partial charge in [-0.1, -0.05) is 26.0 Å². The Bertz CT molecular complexity index is 455. The van der Waals surface area contributed by atoms with E-state index in [1.165, 1.54) is 5.56 Å². The van der Waals surface area contributed by atoms with Crippen LogP contribution in [-0.4, -0.2) is 9.46 Å². The lowest BCUT2D eigenvalue weighted by Gasteiger charge is -2.35. The van der Waals surface area contributed by atoms with E-state index in [4.69, 9.17) is 5.73 Å². The highest BCUT2D eigenvalue weighted by atomic mass is 32.2. The second-order valence-corrected chi connectivity index (χ2v) is 6.58. The van der Waals surface area contributed by atoms with Crippen molar-refractivity contribution in [3.63, 3.8) is 0 Å². The standard InChI is InChI=1S/C13H19NOS/c1-7-5-6-8(2)13-11(7)12(14)9(3)10(4)16(13)15/h5-6,9-10,12H,14H2,1-4H3. The molecule has 2 rings (SSSR count). The third-order valence-electron chi connectivity index (χ3n) is 3.79. The summed E-state index contributed by atoms with van der Waals surface area (Å²) >= 11 is 0. The topological polar surface area (TPSA) is 43.1 Å². The molecule has 1 aromatic carbocycles. The summed E-state index contributed by atoms with van der Waals surface area (Å²) in [6.07, 6.45) is 0. The minimum atomic E-state index is -0.913. The van der Waals surface area contributed by atoms with Gasteiger partial charge in [-0.25, -0.2) is 0 Å². The second-order valence-electron chi connectivity index (χ2n) is 4.83. The van der Waals surface area contributed by atoms with Crippen LogP contribution in [0.5, 0.6) is 0 Å². The maximum Gasteiger partial charge on any atom is 0.0567 e. The number of aryl methyl sites for hydroxylation is 2. The zero-order valence-electron chi connectivity index (χ0n) is 10.3. The Balaban J connectivity index is 2.72. The maximum atomic E-state index is 12.4. The van der Waals surface area contributed by atoms with Crippen molar-refractivity contribution in [2.75, 3.05) is 0 Å². The number of fused-ring (bicyclic) bond motifs is 1. The molecule has 1 aliphatic rings. The molecule has 0 aliphatic carbocycles.